The minimum absolute atomic E-state index is 0.387. The number of amides is 1. The Balaban J connectivity index is 2.88. The first-order valence-electron chi connectivity index (χ1n) is 5.87. The highest BCUT2D eigenvalue weighted by molar-refractivity contribution is 5.97. The highest BCUT2D eigenvalue weighted by atomic mass is 16.4. The Morgan fingerprint density at radius 2 is 2.17 bits per heavy atom. The van der Waals surface area contributed by atoms with Gasteiger partial charge in [0.15, 0.2) is 0 Å². The molecule has 0 radical (unpaired) electrons. The van der Waals surface area contributed by atoms with Crippen molar-refractivity contribution in [2.24, 2.45) is 0 Å². The van der Waals surface area contributed by atoms with Crippen molar-refractivity contribution in [3.8, 4) is 0 Å². The fourth-order valence-electron chi connectivity index (χ4n) is 1.73. The quantitative estimate of drug-likeness (QED) is 0.834. The maximum Gasteiger partial charge on any atom is 0.329 e. The number of hydrogen-bond acceptors (Lipinski definition) is 3. The smallest absolute Gasteiger partial charge is 0.329 e. The summed E-state index contributed by atoms with van der Waals surface area (Å²) in [5.41, 5.74) is -0.0931. The largest absolute Gasteiger partial charge is 0.480 e. The number of aromatic nitrogens is 1. The van der Waals surface area contributed by atoms with Gasteiger partial charge in [0.1, 0.15) is 5.54 Å². The average Bonchev–Trinajstić information content (AvgIpc) is 2.29. The van der Waals surface area contributed by atoms with Gasteiger partial charge in [-0.05, 0) is 32.4 Å². The minimum Gasteiger partial charge on any atom is -0.480 e. The van der Waals surface area contributed by atoms with Gasteiger partial charge in [-0.25, -0.2) is 4.79 Å². The molecule has 2 N–H and O–H groups in total. The molecule has 0 aliphatic heterocycles. The fourth-order valence-corrected chi connectivity index (χ4v) is 1.73. The Morgan fingerprint density at radius 1 is 1.50 bits per heavy atom. The molecule has 0 bridgehead atoms. The number of aliphatic carboxylic acids is 1. The van der Waals surface area contributed by atoms with Gasteiger partial charge in [-0.3, -0.25) is 9.78 Å². The van der Waals surface area contributed by atoms with Gasteiger partial charge in [0, 0.05) is 17.5 Å². The van der Waals surface area contributed by atoms with Crippen LogP contribution in [0.3, 0.4) is 0 Å². The standard InChI is InChI=1S/C13H18N2O3/c1-4-6-13(3,12(17)18)15-11(16)10-5-7-14-9(2)8-10/h5,7-8H,4,6H2,1-3H3,(H,15,16)(H,17,18). The molecule has 1 aromatic heterocycles. The molecule has 18 heavy (non-hydrogen) atoms. The zero-order chi connectivity index (χ0) is 13.8. The zero-order valence-electron chi connectivity index (χ0n) is 10.9. The lowest BCUT2D eigenvalue weighted by atomic mass is 9.96. The van der Waals surface area contributed by atoms with E-state index in [0.29, 0.717) is 18.4 Å². The van der Waals surface area contributed by atoms with Crippen LogP contribution in [0.5, 0.6) is 0 Å². The Morgan fingerprint density at radius 3 is 2.67 bits per heavy atom. The van der Waals surface area contributed by atoms with Crippen molar-refractivity contribution in [2.75, 3.05) is 0 Å². The number of aryl methyl sites for hydroxylation is 1. The molecule has 5 nitrogen and oxygen atoms in total. The highest BCUT2D eigenvalue weighted by Crippen LogP contribution is 2.14. The Bertz CT molecular complexity index is 459. The van der Waals surface area contributed by atoms with E-state index >= 15 is 0 Å². The summed E-state index contributed by atoms with van der Waals surface area (Å²) in [4.78, 5) is 27.2. The van der Waals surface area contributed by atoms with Crippen LogP contribution >= 0.6 is 0 Å². The van der Waals surface area contributed by atoms with Crippen LogP contribution in [0.4, 0.5) is 0 Å². The summed E-state index contributed by atoms with van der Waals surface area (Å²) in [6.45, 7) is 5.17. The molecule has 0 fully saturated rings. The van der Waals surface area contributed by atoms with Crippen molar-refractivity contribution in [2.45, 2.75) is 39.2 Å². The van der Waals surface area contributed by atoms with Gasteiger partial charge in [0.2, 0.25) is 0 Å². The molecule has 1 heterocycles. The summed E-state index contributed by atoms with van der Waals surface area (Å²) in [5, 5.41) is 11.8. The van der Waals surface area contributed by atoms with Crippen LogP contribution in [0.15, 0.2) is 18.3 Å². The van der Waals surface area contributed by atoms with Crippen LogP contribution < -0.4 is 5.32 Å². The van der Waals surface area contributed by atoms with E-state index in [1.807, 2.05) is 6.92 Å². The van der Waals surface area contributed by atoms with Crippen LogP contribution in [0, 0.1) is 6.92 Å². The predicted molar refractivity (Wildman–Crippen MR) is 67.4 cm³/mol. The van der Waals surface area contributed by atoms with E-state index < -0.39 is 11.5 Å². The van der Waals surface area contributed by atoms with Crippen molar-refractivity contribution in [3.63, 3.8) is 0 Å². The Kier molecular flexibility index (Phi) is 4.42. The van der Waals surface area contributed by atoms with Gasteiger partial charge in [0.25, 0.3) is 5.91 Å². The molecule has 0 saturated carbocycles. The molecule has 0 saturated heterocycles. The summed E-state index contributed by atoms with van der Waals surface area (Å²) in [6, 6.07) is 3.19. The van der Waals surface area contributed by atoms with E-state index in [2.05, 4.69) is 10.3 Å². The molecule has 1 atom stereocenters. The lowest BCUT2D eigenvalue weighted by Gasteiger charge is -2.25. The number of nitrogens with one attached hydrogen (secondary N) is 1. The molecular weight excluding hydrogens is 232 g/mol. The van der Waals surface area contributed by atoms with E-state index in [-0.39, 0.29) is 5.91 Å². The van der Waals surface area contributed by atoms with E-state index in [9.17, 15) is 14.7 Å². The molecule has 0 aliphatic carbocycles. The second kappa shape index (κ2) is 5.62. The van der Waals surface area contributed by atoms with Crippen LogP contribution in [-0.4, -0.2) is 27.5 Å². The SMILES string of the molecule is CCCC(C)(NC(=O)c1ccnc(C)c1)C(=O)O. The lowest BCUT2D eigenvalue weighted by molar-refractivity contribution is -0.144. The van der Waals surface area contributed by atoms with E-state index in [4.69, 9.17) is 0 Å². The normalized spacial score (nSPS) is 13.7. The van der Waals surface area contributed by atoms with Crippen molar-refractivity contribution >= 4 is 11.9 Å². The van der Waals surface area contributed by atoms with E-state index in [1.54, 1.807) is 19.1 Å². The van der Waals surface area contributed by atoms with Crippen LogP contribution in [0.1, 0.15) is 42.7 Å². The minimum atomic E-state index is -1.23. The van der Waals surface area contributed by atoms with Crippen LogP contribution in [0.25, 0.3) is 0 Å². The second-order valence-electron chi connectivity index (χ2n) is 4.53. The molecule has 1 amide bonds. The summed E-state index contributed by atoms with van der Waals surface area (Å²) in [7, 11) is 0. The van der Waals surface area contributed by atoms with Gasteiger partial charge in [-0.1, -0.05) is 13.3 Å². The van der Waals surface area contributed by atoms with Crippen molar-refractivity contribution < 1.29 is 14.7 Å². The first-order chi connectivity index (χ1) is 8.39. The number of pyridine rings is 1. The van der Waals surface area contributed by atoms with Crippen molar-refractivity contribution in [3.05, 3.63) is 29.6 Å². The van der Waals surface area contributed by atoms with Crippen molar-refractivity contribution in [1.82, 2.24) is 10.3 Å². The maximum atomic E-state index is 12.0. The number of hydrogen-bond donors (Lipinski definition) is 2. The Labute approximate surface area is 106 Å². The van der Waals surface area contributed by atoms with E-state index in [1.165, 1.54) is 13.1 Å². The molecule has 0 spiro atoms. The predicted octanol–water partition coefficient (Wildman–Crippen LogP) is 1.76. The molecule has 1 unspecified atom stereocenters. The monoisotopic (exact) mass is 250 g/mol. The van der Waals surface area contributed by atoms with Crippen molar-refractivity contribution in [1.29, 1.82) is 0 Å². The summed E-state index contributed by atoms with van der Waals surface area (Å²) >= 11 is 0. The zero-order valence-corrected chi connectivity index (χ0v) is 10.9. The van der Waals surface area contributed by atoms with Gasteiger partial charge in [-0.15, -0.1) is 0 Å². The number of rotatable bonds is 5. The molecule has 0 aromatic carbocycles. The number of carboxylic acids is 1. The third kappa shape index (κ3) is 3.29. The first-order valence-corrected chi connectivity index (χ1v) is 5.87. The molecule has 1 aromatic rings. The summed E-state index contributed by atoms with van der Waals surface area (Å²) < 4.78 is 0. The van der Waals surface area contributed by atoms with Gasteiger partial charge in [-0.2, -0.15) is 0 Å². The third-order valence-electron chi connectivity index (χ3n) is 2.77. The number of nitrogens with zero attached hydrogens (tertiary/aromatic N) is 1. The highest BCUT2D eigenvalue weighted by Gasteiger charge is 2.33. The average molecular weight is 250 g/mol. The Hall–Kier alpha value is -1.91. The number of carbonyl (C=O) groups excluding carboxylic acids is 1. The number of carbonyl (C=O) groups is 2. The first kappa shape index (κ1) is 14.2. The van der Waals surface area contributed by atoms with Crippen LogP contribution in [0.2, 0.25) is 0 Å². The topological polar surface area (TPSA) is 79.3 Å². The van der Waals surface area contributed by atoms with Gasteiger partial charge < -0.3 is 10.4 Å². The lowest BCUT2D eigenvalue weighted by Crippen LogP contribution is -2.52. The number of carboxylic acid groups (broad SMARTS) is 1. The fraction of sp³-hybridized carbons (Fsp3) is 0.462. The second-order valence-corrected chi connectivity index (χ2v) is 4.53. The molecule has 5 heteroatoms. The van der Waals surface area contributed by atoms with E-state index in [0.717, 1.165) is 5.69 Å². The molecule has 1 rings (SSSR count). The molecule has 0 aliphatic rings. The summed E-state index contributed by atoms with van der Waals surface area (Å²) in [5.74, 6) is -1.41. The third-order valence-corrected chi connectivity index (χ3v) is 2.77. The van der Waals surface area contributed by atoms with Crippen LogP contribution in [-0.2, 0) is 4.79 Å². The summed E-state index contributed by atoms with van der Waals surface area (Å²) in [6.07, 6.45) is 2.60. The molecular formula is C13H18N2O3. The maximum absolute atomic E-state index is 12.0. The van der Waals surface area contributed by atoms with Gasteiger partial charge >= 0.3 is 5.97 Å². The van der Waals surface area contributed by atoms with Gasteiger partial charge in [0.05, 0.1) is 0 Å². The molecule has 98 valence electrons.